The van der Waals surface area contributed by atoms with E-state index in [2.05, 4.69) is 20.8 Å². The summed E-state index contributed by atoms with van der Waals surface area (Å²) in [5.41, 5.74) is 0.954. The van der Waals surface area contributed by atoms with Crippen LogP contribution in [0.5, 0.6) is 11.5 Å². The first-order valence-corrected chi connectivity index (χ1v) is 7.07. The summed E-state index contributed by atoms with van der Waals surface area (Å²) in [5.74, 6) is 1.79. The van der Waals surface area contributed by atoms with Crippen LogP contribution in [-0.4, -0.2) is 33.4 Å². The van der Waals surface area contributed by atoms with Gasteiger partial charge >= 0.3 is 0 Å². The van der Waals surface area contributed by atoms with Gasteiger partial charge in [0.15, 0.2) is 11.5 Å². The van der Waals surface area contributed by atoms with Crippen molar-refractivity contribution < 1.29 is 9.47 Å². The Morgan fingerprint density at radius 1 is 1.24 bits per heavy atom. The molecule has 1 aromatic carbocycles. The predicted molar refractivity (Wildman–Crippen MR) is 79.9 cm³/mol. The van der Waals surface area contributed by atoms with Gasteiger partial charge in [-0.05, 0) is 42.0 Å². The second kappa shape index (κ2) is 7.12. The number of ether oxygens (including phenoxy) is 2. The fourth-order valence-corrected chi connectivity index (χ4v) is 2.12. The average molecular weight is 312 g/mol. The lowest BCUT2D eigenvalue weighted by molar-refractivity contribution is 0.287. The Morgan fingerprint density at radius 3 is 2.62 bits per heavy atom. The molecular weight excluding hydrogens is 294 g/mol. The number of benzene rings is 1. The summed E-state index contributed by atoms with van der Waals surface area (Å²) in [6, 6.07) is 3.74. The standard InChI is InChI=1S/C13H18ClN5O2/c1-4-20-11-7-9(6-10(14)12(11)21-5-2)8-15-13-16-17-18-19(13)3/h6-7H,4-5,8H2,1-3H3,(H,15,16,18). The Balaban J connectivity index is 2.18. The van der Waals surface area contributed by atoms with Crippen LogP contribution in [0.1, 0.15) is 19.4 Å². The van der Waals surface area contributed by atoms with Crippen LogP contribution in [0.15, 0.2) is 12.1 Å². The normalized spacial score (nSPS) is 10.5. The minimum atomic E-state index is 0.524. The molecule has 1 aromatic heterocycles. The summed E-state index contributed by atoms with van der Waals surface area (Å²) in [5, 5.41) is 14.8. The Hall–Kier alpha value is -2.02. The van der Waals surface area contributed by atoms with Gasteiger partial charge in [0.25, 0.3) is 0 Å². The second-order valence-electron chi connectivity index (χ2n) is 4.25. The summed E-state index contributed by atoms with van der Waals surface area (Å²) in [4.78, 5) is 0. The lowest BCUT2D eigenvalue weighted by Gasteiger charge is -2.14. The van der Waals surface area contributed by atoms with Crippen molar-refractivity contribution in [2.45, 2.75) is 20.4 Å². The first kappa shape index (κ1) is 15.4. The number of nitrogens with one attached hydrogen (secondary N) is 1. The molecule has 1 N–H and O–H groups in total. The Morgan fingerprint density at radius 2 is 2.00 bits per heavy atom. The number of hydrogen-bond donors (Lipinski definition) is 1. The molecule has 0 fully saturated rings. The molecule has 0 amide bonds. The number of hydrogen-bond acceptors (Lipinski definition) is 6. The van der Waals surface area contributed by atoms with Gasteiger partial charge in [-0.25, -0.2) is 4.68 Å². The van der Waals surface area contributed by atoms with Gasteiger partial charge in [-0.2, -0.15) is 0 Å². The van der Waals surface area contributed by atoms with Crippen molar-refractivity contribution in [3.8, 4) is 11.5 Å². The largest absolute Gasteiger partial charge is 0.490 e. The molecule has 0 bridgehead atoms. The van der Waals surface area contributed by atoms with E-state index in [1.807, 2.05) is 26.0 Å². The summed E-state index contributed by atoms with van der Waals surface area (Å²) in [6.45, 7) is 5.42. The molecular formula is C13H18ClN5O2. The number of aromatic nitrogens is 4. The highest BCUT2D eigenvalue weighted by atomic mass is 35.5. The molecule has 0 aliphatic carbocycles. The SMILES string of the molecule is CCOc1cc(CNc2nnnn2C)cc(Cl)c1OCC. The number of nitrogens with zero attached hydrogens (tertiary/aromatic N) is 4. The highest BCUT2D eigenvalue weighted by Gasteiger charge is 2.12. The fraction of sp³-hybridized carbons (Fsp3) is 0.462. The lowest BCUT2D eigenvalue weighted by Crippen LogP contribution is -2.07. The molecule has 0 saturated heterocycles. The van der Waals surface area contributed by atoms with Crippen LogP contribution in [0.25, 0.3) is 0 Å². The quantitative estimate of drug-likeness (QED) is 0.845. The van der Waals surface area contributed by atoms with Crippen LogP contribution in [0, 0.1) is 0 Å². The van der Waals surface area contributed by atoms with E-state index in [1.54, 1.807) is 11.7 Å². The summed E-state index contributed by atoms with van der Waals surface area (Å²) < 4.78 is 12.7. The molecule has 1 heterocycles. The third kappa shape index (κ3) is 3.75. The Labute approximate surface area is 128 Å². The third-order valence-electron chi connectivity index (χ3n) is 2.73. The summed E-state index contributed by atoms with van der Waals surface area (Å²) in [7, 11) is 1.76. The maximum absolute atomic E-state index is 6.26. The molecule has 114 valence electrons. The van der Waals surface area contributed by atoms with Gasteiger partial charge in [0.05, 0.1) is 18.2 Å². The molecule has 21 heavy (non-hydrogen) atoms. The van der Waals surface area contributed by atoms with Gasteiger partial charge in [-0.1, -0.05) is 16.7 Å². The van der Waals surface area contributed by atoms with Gasteiger partial charge in [-0.15, -0.1) is 0 Å². The molecule has 7 nitrogen and oxygen atoms in total. The summed E-state index contributed by atoms with van der Waals surface area (Å²) in [6.07, 6.45) is 0. The van der Waals surface area contributed by atoms with Crippen molar-refractivity contribution in [2.24, 2.45) is 7.05 Å². The van der Waals surface area contributed by atoms with E-state index in [9.17, 15) is 0 Å². The first-order chi connectivity index (χ1) is 10.2. The fourth-order valence-electron chi connectivity index (χ4n) is 1.83. The van der Waals surface area contributed by atoms with E-state index >= 15 is 0 Å². The van der Waals surface area contributed by atoms with Crippen LogP contribution in [0.2, 0.25) is 5.02 Å². The van der Waals surface area contributed by atoms with Crippen LogP contribution in [0.4, 0.5) is 5.95 Å². The van der Waals surface area contributed by atoms with Crippen LogP contribution in [-0.2, 0) is 13.6 Å². The lowest BCUT2D eigenvalue weighted by atomic mass is 10.2. The predicted octanol–water partition coefficient (Wildman–Crippen LogP) is 2.27. The van der Waals surface area contributed by atoms with Crippen molar-refractivity contribution >= 4 is 17.5 Å². The van der Waals surface area contributed by atoms with E-state index in [4.69, 9.17) is 21.1 Å². The molecule has 8 heteroatoms. The number of tetrazole rings is 1. The number of halogens is 1. The Kier molecular flexibility index (Phi) is 5.21. The van der Waals surface area contributed by atoms with Crippen LogP contribution < -0.4 is 14.8 Å². The highest BCUT2D eigenvalue weighted by Crippen LogP contribution is 2.36. The molecule has 2 aromatic rings. The average Bonchev–Trinajstić information content (AvgIpc) is 2.86. The minimum Gasteiger partial charge on any atom is -0.490 e. The smallest absolute Gasteiger partial charge is 0.242 e. The Bertz CT molecular complexity index is 602. The third-order valence-corrected chi connectivity index (χ3v) is 3.01. The van der Waals surface area contributed by atoms with E-state index in [1.165, 1.54) is 0 Å². The van der Waals surface area contributed by atoms with Gasteiger partial charge in [0, 0.05) is 13.6 Å². The van der Waals surface area contributed by atoms with Gasteiger partial charge in [0.2, 0.25) is 5.95 Å². The topological polar surface area (TPSA) is 74.1 Å². The van der Waals surface area contributed by atoms with Crippen molar-refractivity contribution in [3.05, 3.63) is 22.7 Å². The molecule has 0 aliphatic heterocycles. The van der Waals surface area contributed by atoms with Gasteiger partial charge in [-0.3, -0.25) is 0 Å². The van der Waals surface area contributed by atoms with Crippen molar-refractivity contribution in [2.75, 3.05) is 18.5 Å². The van der Waals surface area contributed by atoms with E-state index < -0.39 is 0 Å². The minimum absolute atomic E-state index is 0.524. The maximum atomic E-state index is 6.26. The molecule has 0 saturated carbocycles. The maximum Gasteiger partial charge on any atom is 0.242 e. The van der Waals surface area contributed by atoms with Gasteiger partial charge in [0.1, 0.15) is 0 Å². The first-order valence-electron chi connectivity index (χ1n) is 6.70. The number of aryl methyl sites for hydroxylation is 1. The molecule has 0 unspecified atom stereocenters. The monoisotopic (exact) mass is 311 g/mol. The zero-order chi connectivity index (χ0) is 15.2. The van der Waals surface area contributed by atoms with Gasteiger partial charge < -0.3 is 14.8 Å². The van der Waals surface area contributed by atoms with Crippen molar-refractivity contribution in [1.82, 2.24) is 20.2 Å². The molecule has 2 rings (SSSR count). The molecule has 0 spiro atoms. The van der Waals surface area contributed by atoms with Crippen molar-refractivity contribution in [1.29, 1.82) is 0 Å². The molecule has 0 atom stereocenters. The van der Waals surface area contributed by atoms with E-state index in [0.29, 0.717) is 42.2 Å². The number of anilines is 1. The summed E-state index contributed by atoms with van der Waals surface area (Å²) >= 11 is 6.26. The van der Waals surface area contributed by atoms with E-state index in [0.717, 1.165) is 5.56 Å². The zero-order valence-electron chi connectivity index (χ0n) is 12.3. The van der Waals surface area contributed by atoms with E-state index in [-0.39, 0.29) is 0 Å². The number of rotatable bonds is 7. The van der Waals surface area contributed by atoms with Crippen molar-refractivity contribution in [3.63, 3.8) is 0 Å². The second-order valence-corrected chi connectivity index (χ2v) is 4.66. The zero-order valence-corrected chi connectivity index (χ0v) is 13.0. The van der Waals surface area contributed by atoms with Crippen LogP contribution in [0.3, 0.4) is 0 Å². The molecule has 0 radical (unpaired) electrons. The highest BCUT2D eigenvalue weighted by molar-refractivity contribution is 6.32. The van der Waals surface area contributed by atoms with Crippen LogP contribution >= 0.6 is 11.6 Å². The molecule has 0 aliphatic rings.